The number of aromatic nitrogens is 2. The monoisotopic (exact) mass is 418 g/mol. The van der Waals surface area contributed by atoms with E-state index in [-0.39, 0.29) is 6.54 Å². The Morgan fingerprint density at radius 3 is 2.63 bits per heavy atom. The van der Waals surface area contributed by atoms with Gasteiger partial charge in [-0.25, -0.2) is 9.78 Å². The minimum atomic E-state index is -4.44. The number of para-hydroxylation sites is 1. The van der Waals surface area contributed by atoms with Gasteiger partial charge >= 0.3 is 12.2 Å². The molecule has 1 unspecified atom stereocenters. The van der Waals surface area contributed by atoms with Crippen molar-refractivity contribution in [1.29, 1.82) is 0 Å². The quantitative estimate of drug-likeness (QED) is 0.635. The molecule has 0 saturated heterocycles. The number of urea groups is 1. The number of imidazole rings is 1. The van der Waals surface area contributed by atoms with Crippen LogP contribution in [0.1, 0.15) is 28.6 Å². The molecule has 1 atom stereocenters. The molecule has 2 N–H and O–H groups in total. The molecule has 0 spiro atoms. The number of amides is 2. The number of aryl methyl sites for hydroxylation is 1. The van der Waals surface area contributed by atoms with Gasteiger partial charge in [0.25, 0.3) is 0 Å². The van der Waals surface area contributed by atoms with Gasteiger partial charge in [0.1, 0.15) is 17.6 Å². The van der Waals surface area contributed by atoms with Crippen LogP contribution in [-0.4, -0.2) is 22.7 Å². The summed E-state index contributed by atoms with van der Waals surface area (Å²) in [5, 5.41) is 5.43. The molecule has 9 heteroatoms. The molecule has 1 heterocycles. The molecule has 2 amide bonds. The van der Waals surface area contributed by atoms with Crippen molar-refractivity contribution >= 4 is 6.03 Å². The van der Waals surface area contributed by atoms with E-state index in [4.69, 9.17) is 4.74 Å². The van der Waals surface area contributed by atoms with Gasteiger partial charge in [-0.1, -0.05) is 30.3 Å². The summed E-state index contributed by atoms with van der Waals surface area (Å²) in [6.45, 7) is -0.0606. The molecule has 0 radical (unpaired) electrons. The molecule has 0 bridgehead atoms. The summed E-state index contributed by atoms with van der Waals surface area (Å²) in [6, 6.07) is 10.9. The third-order valence-corrected chi connectivity index (χ3v) is 4.55. The van der Waals surface area contributed by atoms with E-state index in [9.17, 15) is 18.0 Å². The van der Waals surface area contributed by atoms with Crippen molar-refractivity contribution in [2.75, 3.05) is 7.11 Å². The van der Waals surface area contributed by atoms with Gasteiger partial charge in [0.05, 0.1) is 12.7 Å². The number of hydrogen-bond acceptors (Lipinski definition) is 3. The standard InChI is InChI=1S/C21H21F3N4O2/c1-28-11-10-25-19(28)18(16-8-3-4-9-17(16)30-2)27-20(29)26-13-14-6-5-7-15(12-14)21(22,23)24/h3-12,18H,13H2,1-2H3,(H2,26,27,29). The number of halogens is 3. The number of hydrogen-bond donors (Lipinski definition) is 2. The Morgan fingerprint density at radius 1 is 1.20 bits per heavy atom. The lowest BCUT2D eigenvalue weighted by atomic mass is 10.0. The van der Waals surface area contributed by atoms with E-state index in [1.807, 2.05) is 18.2 Å². The van der Waals surface area contributed by atoms with E-state index in [0.717, 1.165) is 12.1 Å². The number of methoxy groups -OCH3 is 1. The van der Waals surface area contributed by atoms with Crippen LogP contribution >= 0.6 is 0 Å². The maximum absolute atomic E-state index is 12.9. The van der Waals surface area contributed by atoms with Gasteiger partial charge in [-0.15, -0.1) is 0 Å². The van der Waals surface area contributed by atoms with E-state index in [0.29, 0.717) is 22.7 Å². The average molecular weight is 418 g/mol. The highest BCUT2D eigenvalue weighted by Crippen LogP contribution is 2.30. The fourth-order valence-electron chi connectivity index (χ4n) is 3.06. The van der Waals surface area contributed by atoms with Crippen LogP contribution in [0.3, 0.4) is 0 Å². The maximum Gasteiger partial charge on any atom is 0.416 e. The predicted octanol–water partition coefficient (Wildman–Crippen LogP) is 4.04. The second-order valence-corrected chi connectivity index (χ2v) is 6.60. The van der Waals surface area contributed by atoms with Gasteiger partial charge in [0.2, 0.25) is 0 Å². The summed E-state index contributed by atoms with van der Waals surface area (Å²) in [4.78, 5) is 16.9. The number of rotatable bonds is 6. The molecule has 3 aromatic rings. The smallest absolute Gasteiger partial charge is 0.416 e. The highest BCUT2D eigenvalue weighted by atomic mass is 19.4. The third-order valence-electron chi connectivity index (χ3n) is 4.55. The van der Waals surface area contributed by atoms with Crippen molar-refractivity contribution in [3.05, 3.63) is 83.4 Å². The van der Waals surface area contributed by atoms with Crippen LogP contribution < -0.4 is 15.4 Å². The first kappa shape index (κ1) is 21.2. The fourth-order valence-corrected chi connectivity index (χ4v) is 3.06. The zero-order valence-corrected chi connectivity index (χ0v) is 16.4. The Balaban J connectivity index is 1.77. The first-order valence-corrected chi connectivity index (χ1v) is 9.10. The molecule has 0 saturated carbocycles. The molecule has 1 aromatic heterocycles. The Morgan fingerprint density at radius 2 is 1.97 bits per heavy atom. The zero-order valence-electron chi connectivity index (χ0n) is 16.4. The van der Waals surface area contributed by atoms with Crippen LogP contribution in [0, 0.1) is 0 Å². The Kier molecular flexibility index (Phi) is 6.29. The first-order valence-electron chi connectivity index (χ1n) is 9.10. The lowest BCUT2D eigenvalue weighted by Crippen LogP contribution is -2.39. The van der Waals surface area contributed by atoms with Crippen LogP contribution in [0.5, 0.6) is 5.75 Å². The van der Waals surface area contributed by atoms with Gasteiger partial charge in [0, 0.05) is 31.5 Å². The number of nitrogens with one attached hydrogen (secondary N) is 2. The van der Waals surface area contributed by atoms with Crippen molar-refractivity contribution in [1.82, 2.24) is 20.2 Å². The van der Waals surface area contributed by atoms with E-state index in [2.05, 4.69) is 15.6 Å². The van der Waals surface area contributed by atoms with Gasteiger partial charge < -0.3 is 19.9 Å². The minimum absolute atomic E-state index is 0.0606. The fraction of sp³-hybridized carbons (Fsp3) is 0.238. The maximum atomic E-state index is 12.9. The highest BCUT2D eigenvalue weighted by Gasteiger charge is 2.30. The van der Waals surface area contributed by atoms with Crippen LogP contribution in [0.4, 0.5) is 18.0 Å². The molecule has 0 aliphatic rings. The largest absolute Gasteiger partial charge is 0.496 e. The lowest BCUT2D eigenvalue weighted by molar-refractivity contribution is -0.137. The summed E-state index contributed by atoms with van der Waals surface area (Å²) in [5.41, 5.74) is 0.274. The highest BCUT2D eigenvalue weighted by molar-refractivity contribution is 5.75. The molecule has 3 rings (SSSR count). The summed E-state index contributed by atoms with van der Waals surface area (Å²) in [6.07, 6.45) is -1.08. The van der Waals surface area contributed by atoms with Crippen LogP contribution in [0.25, 0.3) is 0 Å². The molecule has 6 nitrogen and oxygen atoms in total. The second-order valence-electron chi connectivity index (χ2n) is 6.60. The van der Waals surface area contributed by atoms with Crippen molar-refractivity contribution < 1.29 is 22.7 Å². The third kappa shape index (κ3) is 4.91. The van der Waals surface area contributed by atoms with Gasteiger partial charge in [-0.3, -0.25) is 0 Å². The van der Waals surface area contributed by atoms with E-state index >= 15 is 0 Å². The number of nitrogens with zero attached hydrogens (tertiary/aromatic N) is 2. The van der Waals surface area contributed by atoms with Gasteiger partial charge in [-0.2, -0.15) is 13.2 Å². The predicted molar refractivity (Wildman–Crippen MR) is 105 cm³/mol. The lowest BCUT2D eigenvalue weighted by Gasteiger charge is -2.21. The van der Waals surface area contributed by atoms with E-state index < -0.39 is 23.8 Å². The van der Waals surface area contributed by atoms with E-state index in [1.54, 1.807) is 30.1 Å². The number of carbonyl (C=O) groups is 1. The molecule has 0 aliphatic heterocycles. The summed E-state index contributed by atoms with van der Waals surface area (Å²) >= 11 is 0. The number of alkyl halides is 3. The van der Waals surface area contributed by atoms with Crippen LogP contribution in [-0.2, 0) is 19.8 Å². The van der Waals surface area contributed by atoms with Crippen molar-refractivity contribution in [2.24, 2.45) is 7.05 Å². The normalized spacial score (nSPS) is 12.3. The molecule has 0 aliphatic carbocycles. The van der Waals surface area contributed by atoms with Crippen molar-refractivity contribution in [3.63, 3.8) is 0 Å². The van der Waals surface area contributed by atoms with Crippen LogP contribution in [0.15, 0.2) is 60.9 Å². The zero-order chi connectivity index (χ0) is 21.7. The van der Waals surface area contributed by atoms with E-state index in [1.165, 1.54) is 19.2 Å². The number of carbonyl (C=O) groups excluding carboxylic acids is 1. The SMILES string of the molecule is COc1ccccc1C(NC(=O)NCc1cccc(C(F)(F)F)c1)c1nccn1C. The summed E-state index contributed by atoms with van der Waals surface area (Å²) in [7, 11) is 3.33. The van der Waals surface area contributed by atoms with Gasteiger partial charge in [-0.05, 0) is 23.8 Å². The topological polar surface area (TPSA) is 68.2 Å². The Hall–Kier alpha value is -3.49. The second kappa shape index (κ2) is 8.89. The molecule has 30 heavy (non-hydrogen) atoms. The van der Waals surface area contributed by atoms with Gasteiger partial charge in [0.15, 0.2) is 0 Å². The van der Waals surface area contributed by atoms with Crippen molar-refractivity contribution in [3.8, 4) is 5.75 Å². The number of ether oxygens (including phenoxy) is 1. The Bertz CT molecular complexity index is 1020. The summed E-state index contributed by atoms with van der Waals surface area (Å²) < 4.78 is 45.8. The summed E-state index contributed by atoms with van der Waals surface area (Å²) in [5.74, 6) is 1.15. The minimum Gasteiger partial charge on any atom is -0.496 e. The average Bonchev–Trinajstić information content (AvgIpc) is 3.15. The number of benzene rings is 2. The first-order chi connectivity index (χ1) is 14.3. The molecular formula is C21H21F3N4O2. The molecule has 158 valence electrons. The molecule has 2 aromatic carbocycles. The van der Waals surface area contributed by atoms with Crippen molar-refractivity contribution in [2.45, 2.75) is 18.8 Å². The van der Waals surface area contributed by atoms with Crippen LogP contribution in [0.2, 0.25) is 0 Å². The molecular weight excluding hydrogens is 397 g/mol. The Labute approximate surface area is 171 Å². The molecule has 0 fully saturated rings.